The number of halogens is 4. The average Bonchev–Trinajstić information content (AvgIpc) is 3.43. The Hall–Kier alpha value is -1.81. The molecule has 0 N–H and O–H groups in total. The third-order valence-electron chi connectivity index (χ3n) is 5.16. The van der Waals surface area contributed by atoms with Crippen molar-refractivity contribution in [2.45, 2.75) is 24.4 Å². The highest BCUT2D eigenvalue weighted by molar-refractivity contribution is 14.1. The maximum atomic E-state index is 13.6. The fraction of sp³-hybridized carbons (Fsp3) is 0.286. The molecule has 0 saturated heterocycles. The van der Waals surface area contributed by atoms with E-state index in [-0.39, 0.29) is 0 Å². The van der Waals surface area contributed by atoms with E-state index >= 15 is 0 Å². The van der Waals surface area contributed by atoms with Crippen LogP contribution in [0.25, 0.3) is 11.3 Å². The van der Waals surface area contributed by atoms with E-state index in [4.69, 9.17) is 14.5 Å². The molecule has 3 aromatic rings. The van der Waals surface area contributed by atoms with Gasteiger partial charge in [-0.25, -0.2) is 4.98 Å². The Labute approximate surface area is 184 Å². The Kier molecular flexibility index (Phi) is 5.27. The van der Waals surface area contributed by atoms with Gasteiger partial charge in [-0.1, -0.05) is 18.2 Å². The van der Waals surface area contributed by atoms with Gasteiger partial charge in [0.05, 0.1) is 28.4 Å². The number of methoxy groups -OCH3 is 2. The molecule has 1 aliphatic rings. The van der Waals surface area contributed by atoms with Crippen LogP contribution in [0, 0.1) is 2.88 Å². The maximum absolute atomic E-state index is 13.6. The van der Waals surface area contributed by atoms with Crippen LogP contribution in [0.1, 0.15) is 29.0 Å². The largest absolute Gasteiger partial charge is 0.497 e. The van der Waals surface area contributed by atoms with Crippen molar-refractivity contribution < 1.29 is 22.6 Å². The number of aromatic nitrogens is 1. The fourth-order valence-electron chi connectivity index (χ4n) is 3.54. The molecule has 152 valence electrons. The van der Waals surface area contributed by atoms with Crippen molar-refractivity contribution in [2.75, 3.05) is 14.2 Å². The first-order valence-electron chi connectivity index (χ1n) is 8.86. The van der Waals surface area contributed by atoms with Crippen LogP contribution in [0.4, 0.5) is 13.2 Å². The number of hydrogen-bond donors (Lipinski definition) is 0. The Morgan fingerprint density at radius 3 is 2.41 bits per heavy atom. The van der Waals surface area contributed by atoms with Crippen molar-refractivity contribution in [2.24, 2.45) is 0 Å². The van der Waals surface area contributed by atoms with Crippen LogP contribution in [0.5, 0.6) is 11.5 Å². The summed E-state index contributed by atoms with van der Waals surface area (Å²) in [7, 11) is 3.15. The maximum Gasteiger partial charge on any atom is 0.416 e. The van der Waals surface area contributed by atoms with Gasteiger partial charge < -0.3 is 9.47 Å². The average molecular weight is 531 g/mol. The van der Waals surface area contributed by atoms with Gasteiger partial charge in [0, 0.05) is 17.0 Å². The molecule has 0 aliphatic heterocycles. The normalized spacial score (nSPS) is 15.2. The van der Waals surface area contributed by atoms with Crippen molar-refractivity contribution in [1.82, 2.24) is 4.98 Å². The van der Waals surface area contributed by atoms with E-state index in [0.717, 1.165) is 20.2 Å². The smallest absolute Gasteiger partial charge is 0.416 e. The molecule has 1 aliphatic carbocycles. The second-order valence-corrected chi connectivity index (χ2v) is 9.64. The van der Waals surface area contributed by atoms with E-state index in [0.29, 0.717) is 34.9 Å². The van der Waals surface area contributed by atoms with Crippen LogP contribution in [0.2, 0.25) is 0 Å². The zero-order chi connectivity index (χ0) is 20.8. The SMILES string of the molecule is COc1ccc(-c2nc(C3(c4ccccc4C(F)(F)F)CC3)sc2I)c(OC)c1. The highest BCUT2D eigenvalue weighted by atomic mass is 127. The first kappa shape index (κ1) is 20.5. The van der Waals surface area contributed by atoms with E-state index < -0.39 is 17.2 Å². The summed E-state index contributed by atoms with van der Waals surface area (Å²) in [5, 5.41) is 0.714. The molecule has 8 heteroatoms. The van der Waals surface area contributed by atoms with Crippen LogP contribution >= 0.6 is 33.9 Å². The lowest BCUT2D eigenvalue weighted by Crippen LogP contribution is -2.17. The van der Waals surface area contributed by atoms with E-state index in [1.165, 1.54) is 17.4 Å². The van der Waals surface area contributed by atoms with Gasteiger partial charge in [0.25, 0.3) is 0 Å². The molecule has 1 heterocycles. The summed E-state index contributed by atoms with van der Waals surface area (Å²) >= 11 is 3.64. The van der Waals surface area contributed by atoms with Gasteiger partial charge in [-0.2, -0.15) is 13.2 Å². The van der Waals surface area contributed by atoms with Crippen molar-refractivity contribution in [3.05, 3.63) is 61.5 Å². The summed E-state index contributed by atoms with van der Waals surface area (Å²) in [4.78, 5) is 4.80. The summed E-state index contributed by atoms with van der Waals surface area (Å²) in [6.45, 7) is 0. The highest BCUT2D eigenvalue weighted by Crippen LogP contribution is 2.58. The molecule has 1 fully saturated rings. The van der Waals surface area contributed by atoms with Crippen molar-refractivity contribution in [3.8, 4) is 22.8 Å². The van der Waals surface area contributed by atoms with Gasteiger partial charge in [-0.15, -0.1) is 11.3 Å². The van der Waals surface area contributed by atoms with Crippen LogP contribution in [-0.2, 0) is 11.6 Å². The molecule has 1 aromatic heterocycles. The number of alkyl halides is 3. The standard InChI is InChI=1S/C21H17F3INO2S/c1-27-12-7-8-13(16(11-12)28-2)17-18(25)29-19(26-17)20(9-10-20)14-5-3-4-6-15(14)21(22,23)24/h3-8,11H,9-10H2,1-2H3. The van der Waals surface area contributed by atoms with Gasteiger partial charge >= 0.3 is 6.18 Å². The minimum atomic E-state index is -4.39. The number of hydrogen-bond acceptors (Lipinski definition) is 4. The third-order valence-corrected chi connectivity index (χ3v) is 7.38. The summed E-state index contributed by atoms with van der Waals surface area (Å²) in [6.07, 6.45) is -3.08. The Morgan fingerprint density at radius 2 is 1.79 bits per heavy atom. The van der Waals surface area contributed by atoms with Crippen LogP contribution in [0.15, 0.2) is 42.5 Å². The molecular formula is C21H17F3INO2S. The number of benzene rings is 2. The van der Waals surface area contributed by atoms with E-state index in [2.05, 4.69) is 22.6 Å². The van der Waals surface area contributed by atoms with Gasteiger partial charge in [0.2, 0.25) is 0 Å². The molecule has 0 atom stereocenters. The molecule has 0 spiro atoms. The molecule has 2 aromatic carbocycles. The number of nitrogens with zero attached hydrogens (tertiary/aromatic N) is 1. The molecule has 0 unspecified atom stereocenters. The molecule has 0 amide bonds. The first-order valence-corrected chi connectivity index (χ1v) is 10.8. The zero-order valence-corrected chi connectivity index (χ0v) is 18.6. The van der Waals surface area contributed by atoms with Crippen LogP contribution in [0.3, 0.4) is 0 Å². The monoisotopic (exact) mass is 531 g/mol. The molecule has 29 heavy (non-hydrogen) atoms. The quantitative estimate of drug-likeness (QED) is 0.351. The third kappa shape index (κ3) is 3.61. The second-order valence-electron chi connectivity index (χ2n) is 6.83. The zero-order valence-electron chi connectivity index (χ0n) is 15.6. The Balaban J connectivity index is 1.81. The molecule has 0 bridgehead atoms. The van der Waals surface area contributed by atoms with Gasteiger partial charge in [0.15, 0.2) is 0 Å². The van der Waals surface area contributed by atoms with Gasteiger partial charge in [0.1, 0.15) is 16.5 Å². The minimum absolute atomic E-state index is 0.311. The summed E-state index contributed by atoms with van der Waals surface area (Å²) < 4.78 is 52.4. The van der Waals surface area contributed by atoms with E-state index in [9.17, 15) is 13.2 Å². The highest BCUT2D eigenvalue weighted by Gasteiger charge is 2.52. The first-order chi connectivity index (χ1) is 13.8. The number of thiazole rings is 1. The van der Waals surface area contributed by atoms with Crippen molar-refractivity contribution in [1.29, 1.82) is 0 Å². The molecule has 1 saturated carbocycles. The summed E-state index contributed by atoms with van der Waals surface area (Å²) in [6, 6.07) is 11.3. The van der Waals surface area contributed by atoms with Crippen LogP contribution in [-0.4, -0.2) is 19.2 Å². The molecule has 3 nitrogen and oxygen atoms in total. The fourth-order valence-corrected chi connectivity index (χ4v) is 5.64. The lowest BCUT2D eigenvalue weighted by molar-refractivity contribution is -0.138. The second kappa shape index (κ2) is 7.46. The lowest BCUT2D eigenvalue weighted by Gasteiger charge is -2.19. The molecule has 4 rings (SSSR count). The predicted molar refractivity (Wildman–Crippen MR) is 115 cm³/mol. The molecular weight excluding hydrogens is 514 g/mol. The summed E-state index contributed by atoms with van der Waals surface area (Å²) in [5.41, 5.74) is 0.576. The number of rotatable bonds is 5. The van der Waals surface area contributed by atoms with Gasteiger partial charge in [-0.05, 0) is 59.2 Å². The summed E-state index contributed by atoms with van der Waals surface area (Å²) in [5.74, 6) is 1.27. The van der Waals surface area contributed by atoms with Crippen LogP contribution < -0.4 is 9.47 Å². The van der Waals surface area contributed by atoms with E-state index in [1.54, 1.807) is 32.4 Å². The number of ether oxygens (including phenoxy) is 2. The predicted octanol–water partition coefficient (Wildman–Crippen LogP) is 6.53. The Bertz CT molecular complexity index is 1060. The van der Waals surface area contributed by atoms with E-state index in [1.807, 2.05) is 12.1 Å². The lowest BCUT2D eigenvalue weighted by atomic mass is 9.91. The van der Waals surface area contributed by atoms with Gasteiger partial charge in [-0.3, -0.25) is 0 Å². The van der Waals surface area contributed by atoms with Crippen molar-refractivity contribution >= 4 is 33.9 Å². The molecule has 0 radical (unpaired) electrons. The topological polar surface area (TPSA) is 31.4 Å². The van der Waals surface area contributed by atoms with Crippen molar-refractivity contribution in [3.63, 3.8) is 0 Å². The Morgan fingerprint density at radius 1 is 1.07 bits per heavy atom. The minimum Gasteiger partial charge on any atom is -0.497 e.